The van der Waals surface area contributed by atoms with E-state index in [-0.39, 0.29) is 12.4 Å². The maximum atomic E-state index is 10.7. The molecule has 2 N–H and O–H groups in total. The lowest BCUT2D eigenvalue weighted by molar-refractivity contribution is -0.133. The fourth-order valence-electron chi connectivity index (χ4n) is 3.03. The van der Waals surface area contributed by atoms with Crippen molar-refractivity contribution in [3.8, 4) is 0 Å². The van der Waals surface area contributed by atoms with Gasteiger partial charge < -0.3 is 14.8 Å². The monoisotopic (exact) mass is 313 g/mol. The second kappa shape index (κ2) is 7.79. The van der Waals surface area contributed by atoms with E-state index in [4.69, 9.17) is 5.11 Å². The Morgan fingerprint density at radius 2 is 2.24 bits per heavy atom. The number of thioether (sulfide) groups is 1. The number of aliphatic hydroxyl groups excluding tert-OH is 1. The van der Waals surface area contributed by atoms with Crippen LogP contribution in [0.15, 0.2) is 5.16 Å². The number of hydrogen-bond acceptors (Lipinski definition) is 5. The van der Waals surface area contributed by atoms with Crippen molar-refractivity contribution in [3.05, 3.63) is 5.82 Å². The third-order valence-corrected chi connectivity index (χ3v) is 5.02. The summed E-state index contributed by atoms with van der Waals surface area (Å²) < 4.78 is 1.87. The van der Waals surface area contributed by atoms with Gasteiger partial charge in [-0.1, -0.05) is 37.9 Å². The lowest BCUT2D eigenvalue weighted by Crippen LogP contribution is -2.16. The van der Waals surface area contributed by atoms with E-state index in [2.05, 4.69) is 17.1 Å². The van der Waals surface area contributed by atoms with Gasteiger partial charge in [0.1, 0.15) is 6.61 Å². The zero-order valence-corrected chi connectivity index (χ0v) is 13.2. The van der Waals surface area contributed by atoms with E-state index in [9.17, 15) is 9.90 Å². The van der Waals surface area contributed by atoms with Gasteiger partial charge in [0.15, 0.2) is 11.0 Å². The van der Waals surface area contributed by atoms with Crippen LogP contribution >= 0.6 is 11.8 Å². The predicted octanol–water partition coefficient (Wildman–Crippen LogP) is 2.16. The number of carboxylic acid groups (broad SMARTS) is 1. The van der Waals surface area contributed by atoms with Gasteiger partial charge >= 0.3 is 5.97 Å². The molecule has 0 aliphatic heterocycles. The van der Waals surface area contributed by atoms with Crippen LogP contribution in [0.25, 0.3) is 0 Å². The maximum Gasteiger partial charge on any atom is 0.313 e. The molecule has 0 radical (unpaired) electrons. The third-order valence-electron chi connectivity index (χ3n) is 4.07. The van der Waals surface area contributed by atoms with Gasteiger partial charge in [-0.15, -0.1) is 10.2 Å². The molecule has 118 valence electrons. The van der Waals surface area contributed by atoms with Crippen molar-refractivity contribution in [2.45, 2.75) is 57.3 Å². The molecule has 0 aromatic carbocycles. The molecular weight excluding hydrogens is 290 g/mol. The molecule has 1 aromatic heterocycles. The minimum atomic E-state index is -0.874. The summed E-state index contributed by atoms with van der Waals surface area (Å²) in [5, 5.41) is 26.6. The first-order valence-corrected chi connectivity index (χ1v) is 8.46. The Labute approximate surface area is 129 Å². The zero-order chi connectivity index (χ0) is 15.2. The highest BCUT2D eigenvalue weighted by atomic mass is 32.2. The highest BCUT2D eigenvalue weighted by Gasteiger charge is 2.20. The van der Waals surface area contributed by atoms with Gasteiger partial charge in [-0.25, -0.2) is 0 Å². The summed E-state index contributed by atoms with van der Waals surface area (Å²) in [7, 11) is 0. The number of carbonyl (C=O) groups is 1. The van der Waals surface area contributed by atoms with Crippen LogP contribution in [0.5, 0.6) is 0 Å². The molecule has 2 atom stereocenters. The molecule has 0 saturated heterocycles. The standard InChI is InChI=1S/C14H23N3O3S/c1-10-3-2-4-11(7-10)5-6-17-12(8-18)15-16-14(17)21-9-13(19)20/h10-11,18H,2-9H2,1H3,(H,19,20). The first-order valence-electron chi connectivity index (χ1n) is 7.47. The normalized spacial score (nSPS) is 22.4. The lowest BCUT2D eigenvalue weighted by atomic mass is 9.81. The van der Waals surface area contributed by atoms with Gasteiger partial charge in [-0.05, 0) is 24.7 Å². The summed E-state index contributed by atoms with van der Waals surface area (Å²) in [4.78, 5) is 10.7. The summed E-state index contributed by atoms with van der Waals surface area (Å²) in [5.41, 5.74) is 0. The number of rotatable bonds is 7. The number of carboxylic acids is 1. The van der Waals surface area contributed by atoms with Crippen LogP contribution in [0, 0.1) is 11.8 Å². The average molecular weight is 313 g/mol. The van der Waals surface area contributed by atoms with Crippen molar-refractivity contribution in [1.29, 1.82) is 0 Å². The van der Waals surface area contributed by atoms with Crippen LogP contribution < -0.4 is 0 Å². The van der Waals surface area contributed by atoms with Crippen LogP contribution in [0.4, 0.5) is 0 Å². The molecule has 2 rings (SSSR count). The quantitative estimate of drug-likeness (QED) is 0.750. The molecule has 1 saturated carbocycles. The lowest BCUT2D eigenvalue weighted by Gasteiger charge is -2.27. The molecule has 0 amide bonds. The average Bonchev–Trinajstić information content (AvgIpc) is 2.85. The minimum Gasteiger partial charge on any atom is -0.481 e. The molecule has 21 heavy (non-hydrogen) atoms. The molecule has 1 heterocycles. The fraction of sp³-hybridized carbons (Fsp3) is 0.786. The zero-order valence-electron chi connectivity index (χ0n) is 12.4. The maximum absolute atomic E-state index is 10.7. The van der Waals surface area contributed by atoms with E-state index in [1.54, 1.807) is 0 Å². The van der Waals surface area contributed by atoms with Crippen LogP contribution in [-0.4, -0.2) is 36.7 Å². The predicted molar refractivity (Wildman–Crippen MR) is 80.0 cm³/mol. The van der Waals surface area contributed by atoms with Crippen LogP contribution in [0.1, 0.15) is 44.9 Å². The Hall–Kier alpha value is -1.08. The van der Waals surface area contributed by atoms with Crippen molar-refractivity contribution in [2.75, 3.05) is 5.75 Å². The van der Waals surface area contributed by atoms with Gasteiger partial charge in [0.2, 0.25) is 0 Å². The molecule has 0 bridgehead atoms. The van der Waals surface area contributed by atoms with Crippen molar-refractivity contribution in [3.63, 3.8) is 0 Å². The Morgan fingerprint density at radius 3 is 2.90 bits per heavy atom. The Bertz CT molecular complexity index is 478. The second-order valence-corrected chi connectivity index (χ2v) is 6.76. The number of aliphatic hydroxyl groups is 1. The van der Waals surface area contributed by atoms with Gasteiger partial charge in [0.25, 0.3) is 0 Å². The molecule has 6 nitrogen and oxygen atoms in total. The molecule has 0 spiro atoms. The van der Waals surface area contributed by atoms with E-state index in [1.807, 2.05) is 4.57 Å². The van der Waals surface area contributed by atoms with Crippen LogP contribution in [0.2, 0.25) is 0 Å². The topological polar surface area (TPSA) is 88.2 Å². The molecular formula is C14H23N3O3S. The molecule has 1 aromatic rings. The molecule has 1 fully saturated rings. The smallest absolute Gasteiger partial charge is 0.313 e. The van der Waals surface area contributed by atoms with Gasteiger partial charge in [0.05, 0.1) is 5.75 Å². The van der Waals surface area contributed by atoms with Gasteiger partial charge in [-0.3, -0.25) is 4.79 Å². The molecule has 1 aliphatic rings. The summed E-state index contributed by atoms with van der Waals surface area (Å²) in [6.45, 7) is 2.89. The minimum absolute atomic E-state index is 0.0377. The second-order valence-electron chi connectivity index (χ2n) is 5.82. The number of aliphatic carboxylic acids is 1. The summed E-state index contributed by atoms with van der Waals surface area (Å²) >= 11 is 1.16. The Balaban J connectivity index is 1.96. The van der Waals surface area contributed by atoms with E-state index in [1.165, 1.54) is 25.7 Å². The Morgan fingerprint density at radius 1 is 1.43 bits per heavy atom. The van der Waals surface area contributed by atoms with E-state index in [0.717, 1.165) is 30.6 Å². The molecule has 1 aliphatic carbocycles. The molecule has 7 heteroatoms. The summed E-state index contributed by atoms with van der Waals surface area (Å²) in [5.74, 6) is 1.11. The van der Waals surface area contributed by atoms with Crippen molar-refractivity contribution < 1.29 is 15.0 Å². The van der Waals surface area contributed by atoms with E-state index in [0.29, 0.717) is 16.9 Å². The third kappa shape index (κ3) is 4.71. The van der Waals surface area contributed by atoms with Gasteiger partial charge in [0, 0.05) is 6.54 Å². The summed E-state index contributed by atoms with van der Waals surface area (Å²) in [6, 6.07) is 0. The van der Waals surface area contributed by atoms with Crippen LogP contribution in [-0.2, 0) is 17.9 Å². The first kappa shape index (κ1) is 16.3. The first-order chi connectivity index (χ1) is 10.1. The van der Waals surface area contributed by atoms with E-state index >= 15 is 0 Å². The van der Waals surface area contributed by atoms with Crippen molar-refractivity contribution >= 4 is 17.7 Å². The Kier molecular flexibility index (Phi) is 6.05. The van der Waals surface area contributed by atoms with Crippen molar-refractivity contribution in [1.82, 2.24) is 14.8 Å². The highest BCUT2D eigenvalue weighted by Crippen LogP contribution is 2.31. The van der Waals surface area contributed by atoms with Gasteiger partial charge in [-0.2, -0.15) is 0 Å². The summed E-state index contributed by atoms with van der Waals surface area (Å²) in [6.07, 6.45) is 6.18. The number of hydrogen-bond donors (Lipinski definition) is 2. The largest absolute Gasteiger partial charge is 0.481 e. The SMILES string of the molecule is CC1CCCC(CCn2c(CO)nnc2SCC(=O)O)C1. The van der Waals surface area contributed by atoms with Crippen LogP contribution in [0.3, 0.4) is 0 Å². The number of aromatic nitrogens is 3. The fourth-order valence-corrected chi connectivity index (χ4v) is 3.73. The number of nitrogens with zero attached hydrogens (tertiary/aromatic N) is 3. The van der Waals surface area contributed by atoms with Crippen molar-refractivity contribution in [2.24, 2.45) is 11.8 Å². The van der Waals surface area contributed by atoms with E-state index < -0.39 is 5.97 Å². The molecule has 2 unspecified atom stereocenters. The highest BCUT2D eigenvalue weighted by molar-refractivity contribution is 7.99.